The van der Waals surface area contributed by atoms with Gasteiger partial charge < -0.3 is 10.3 Å². The normalized spacial score (nSPS) is 11.3. The highest BCUT2D eigenvalue weighted by atomic mass is 15.1. The number of rotatable bonds is 18. The third-order valence-corrected chi connectivity index (χ3v) is 5.18. The van der Waals surface area contributed by atoms with Crippen LogP contribution in [-0.4, -0.2) is 16.1 Å². The highest BCUT2D eigenvalue weighted by Gasteiger charge is 2.01. The first-order valence-corrected chi connectivity index (χ1v) is 11.1. The van der Waals surface area contributed by atoms with Gasteiger partial charge in [-0.25, -0.2) is 4.98 Å². The van der Waals surface area contributed by atoms with Crippen LogP contribution >= 0.6 is 0 Å². The van der Waals surface area contributed by atoms with E-state index in [1.165, 1.54) is 102 Å². The van der Waals surface area contributed by atoms with Gasteiger partial charge in [-0.2, -0.15) is 0 Å². The van der Waals surface area contributed by atoms with Crippen molar-refractivity contribution in [2.75, 3.05) is 6.54 Å². The summed E-state index contributed by atoms with van der Waals surface area (Å²) in [6.07, 6.45) is 26.3. The standard InChI is InChI=1S/C22H43N3/c1-2-3-4-5-6-7-8-9-10-11-12-13-14-15-16-17-22-24-19-21-25(22)20-18-23/h19,21H,2-18,20,23H2,1H3. The lowest BCUT2D eigenvalue weighted by Crippen LogP contribution is -2.11. The number of hydrogen-bond acceptors (Lipinski definition) is 2. The van der Waals surface area contributed by atoms with Crippen LogP contribution in [-0.2, 0) is 13.0 Å². The van der Waals surface area contributed by atoms with Crippen LogP contribution in [0.25, 0.3) is 0 Å². The van der Waals surface area contributed by atoms with Gasteiger partial charge in [0, 0.05) is 31.9 Å². The van der Waals surface area contributed by atoms with Crippen LogP contribution in [0.1, 0.15) is 109 Å². The summed E-state index contributed by atoms with van der Waals surface area (Å²) in [5.74, 6) is 1.21. The Morgan fingerprint density at radius 2 is 1.24 bits per heavy atom. The molecule has 0 saturated heterocycles. The van der Waals surface area contributed by atoms with Gasteiger partial charge >= 0.3 is 0 Å². The number of unbranched alkanes of at least 4 members (excludes halogenated alkanes) is 14. The van der Waals surface area contributed by atoms with Crippen LogP contribution in [0.15, 0.2) is 12.4 Å². The zero-order valence-electron chi connectivity index (χ0n) is 16.9. The topological polar surface area (TPSA) is 43.8 Å². The van der Waals surface area contributed by atoms with Crippen LogP contribution in [0.4, 0.5) is 0 Å². The molecular formula is C22H43N3. The maximum atomic E-state index is 5.63. The van der Waals surface area contributed by atoms with E-state index < -0.39 is 0 Å². The van der Waals surface area contributed by atoms with Gasteiger partial charge in [-0.05, 0) is 6.42 Å². The fraction of sp³-hybridized carbons (Fsp3) is 0.864. The maximum absolute atomic E-state index is 5.63. The number of aryl methyl sites for hydroxylation is 1. The molecule has 0 atom stereocenters. The van der Waals surface area contributed by atoms with Gasteiger partial charge in [0.25, 0.3) is 0 Å². The van der Waals surface area contributed by atoms with E-state index >= 15 is 0 Å². The molecule has 0 spiro atoms. The van der Waals surface area contributed by atoms with Crippen LogP contribution in [0.3, 0.4) is 0 Å². The summed E-state index contributed by atoms with van der Waals surface area (Å²) in [4.78, 5) is 4.45. The van der Waals surface area contributed by atoms with Crippen LogP contribution < -0.4 is 5.73 Å². The van der Waals surface area contributed by atoms with Crippen molar-refractivity contribution in [3.05, 3.63) is 18.2 Å². The molecule has 3 nitrogen and oxygen atoms in total. The van der Waals surface area contributed by atoms with E-state index in [4.69, 9.17) is 5.73 Å². The molecule has 3 heteroatoms. The molecule has 0 aliphatic rings. The van der Waals surface area contributed by atoms with Crippen molar-refractivity contribution in [1.29, 1.82) is 0 Å². The Morgan fingerprint density at radius 1 is 0.760 bits per heavy atom. The third kappa shape index (κ3) is 12.2. The molecule has 0 bridgehead atoms. The minimum Gasteiger partial charge on any atom is -0.334 e. The summed E-state index contributed by atoms with van der Waals surface area (Å²) in [6, 6.07) is 0. The average molecular weight is 350 g/mol. The summed E-state index contributed by atoms with van der Waals surface area (Å²) in [5.41, 5.74) is 5.63. The van der Waals surface area contributed by atoms with E-state index in [-0.39, 0.29) is 0 Å². The minimum atomic E-state index is 0.697. The number of aromatic nitrogens is 2. The molecule has 0 unspecified atom stereocenters. The Bertz CT molecular complexity index is 386. The molecule has 146 valence electrons. The van der Waals surface area contributed by atoms with Gasteiger partial charge in [0.05, 0.1) is 0 Å². The predicted octanol–water partition coefficient (Wildman–Crippen LogP) is 6.26. The fourth-order valence-corrected chi connectivity index (χ4v) is 3.57. The van der Waals surface area contributed by atoms with E-state index in [0.29, 0.717) is 6.54 Å². The lowest BCUT2D eigenvalue weighted by Gasteiger charge is -2.06. The molecule has 0 saturated carbocycles. The Morgan fingerprint density at radius 3 is 1.72 bits per heavy atom. The Balaban J connectivity index is 1.79. The molecule has 1 aromatic rings. The van der Waals surface area contributed by atoms with Crippen LogP contribution in [0.2, 0.25) is 0 Å². The van der Waals surface area contributed by atoms with Crippen molar-refractivity contribution in [3.63, 3.8) is 0 Å². The lowest BCUT2D eigenvalue weighted by molar-refractivity contribution is 0.530. The molecule has 0 radical (unpaired) electrons. The number of nitrogens with two attached hydrogens (primary N) is 1. The second kappa shape index (κ2) is 16.6. The predicted molar refractivity (Wildman–Crippen MR) is 110 cm³/mol. The van der Waals surface area contributed by atoms with E-state index in [2.05, 4.69) is 16.5 Å². The number of hydrogen-bond donors (Lipinski definition) is 1. The number of nitrogens with zero attached hydrogens (tertiary/aromatic N) is 2. The lowest BCUT2D eigenvalue weighted by atomic mass is 10.0. The van der Waals surface area contributed by atoms with Crippen molar-refractivity contribution in [2.24, 2.45) is 5.73 Å². The van der Waals surface area contributed by atoms with Crippen LogP contribution in [0.5, 0.6) is 0 Å². The van der Waals surface area contributed by atoms with E-state index in [1.807, 2.05) is 12.4 Å². The summed E-state index contributed by atoms with van der Waals surface area (Å²) in [5, 5.41) is 0. The second-order valence-corrected chi connectivity index (χ2v) is 7.53. The SMILES string of the molecule is CCCCCCCCCCCCCCCCCc1nccn1CCN. The average Bonchev–Trinajstić information content (AvgIpc) is 3.06. The second-order valence-electron chi connectivity index (χ2n) is 7.53. The molecule has 25 heavy (non-hydrogen) atoms. The third-order valence-electron chi connectivity index (χ3n) is 5.18. The van der Waals surface area contributed by atoms with E-state index in [0.717, 1.165) is 13.0 Å². The van der Waals surface area contributed by atoms with Crippen molar-refractivity contribution in [2.45, 2.75) is 116 Å². The molecule has 0 aromatic carbocycles. The summed E-state index contributed by atoms with van der Waals surface area (Å²) in [7, 11) is 0. The minimum absolute atomic E-state index is 0.697. The summed E-state index contributed by atoms with van der Waals surface area (Å²) in [6.45, 7) is 3.88. The Labute approximate surface area is 156 Å². The van der Waals surface area contributed by atoms with E-state index in [9.17, 15) is 0 Å². The monoisotopic (exact) mass is 349 g/mol. The molecule has 0 amide bonds. The van der Waals surface area contributed by atoms with Crippen molar-refractivity contribution in [3.8, 4) is 0 Å². The molecule has 0 aliphatic carbocycles. The molecule has 0 aliphatic heterocycles. The molecule has 1 rings (SSSR count). The molecular weight excluding hydrogens is 306 g/mol. The Kier molecular flexibility index (Phi) is 14.8. The van der Waals surface area contributed by atoms with Gasteiger partial charge in [0.2, 0.25) is 0 Å². The Hall–Kier alpha value is -0.830. The summed E-state index contributed by atoms with van der Waals surface area (Å²) >= 11 is 0. The molecule has 1 heterocycles. The van der Waals surface area contributed by atoms with Gasteiger partial charge in [0.1, 0.15) is 5.82 Å². The van der Waals surface area contributed by atoms with Gasteiger partial charge in [-0.3, -0.25) is 0 Å². The highest BCUT2D eigenvalue weighted by molar-refractivity contribution is 4.92. The van der Waals surface area contributed by atoms with Crippen molar-refractivity contribution < 1.29 is 0 Å². The first-order chi connectivity index (χ1) is 12.4. The smallest absolute Gasteiger partial charge is 0.108 e. The molecule has 2 N–H and O–H groups in total. The number of imidazole rings is 1. The quantitative estimate of drug-likeness (QED) is 0.318. The zero-order chi connectivity index (χ0) is 18.0. The fourth-order valence-electron chi connectivity index (χ4n) is 3.57. The summed E-state index contributed by atoms with van der Waals surface area (Å²) < 4.78 is 2.20. The van der Waals surface area contributed by atoms with Crippen molar-refractivity contribution in [1.82, 2.24) is 9.55 Å². The largest absolute Gasteiger partial charge is 0.334 e. The zero-order valence-corrected chi connectivity index (χ0v) is 16.9. The highest BCUT2D eigenvalue weighted by Crippen LogP contribution is 2.14. The van der Waals surface area contributed by atoms with Gasteiger partial charge in [-0.15, -0.1) is 0 Å². The first-order valence-electron chi connectivity index (χ1n) is 11.1. The van der Waals surface area contributed by atoms with Gasteiger partial charge in [-0.1, -0.05) is 96.8 Å². The maximum Gasteiger partial charge on any atom is 0.108 e. The van der Waals surface area contributed by atoms with Crippen molar-refractivity contribution >= 4 is 0 Å². The molecule has 1 aromatic heterocycles. The molecule has 0 fully saturated rings. The van der Waals surface area contributed by atoms with Crippen LogP contribution in [0, 0.1) is 0 Å². The van der Waals surface area contributed by atoms with E-state index in [1.54, 1.807) is 0 Å². The van der Waals surface area contributed by atoms with Gasteiger partial charge in [0.15, 0.2) is 0 Å². The first kappa shape index (κ1) is 22.2.